The van der Waals surface area contributed by atoms with Gasteiger partial charge in [-0.25, -0.2) is 5.21 Å². The second kappa shape index (κ2) is 5.28. The van der Waals surface area contributed by atoms with Crippen molar-refractivity contribution in [3.8, 4) is 0 Å². The van der Waals surface area contributed by atoms with E-state index in [0.717, 1.165) is 5.56 Å². The highest BCUT2D eigenvalue weighted by molar-refractivity contribution is 6.54. The molecule has 0 saturated carbocycles. The smallest absolute Gasteiger partial charge is 0.317 e. The minimum atomic E-state index is -0.464. The summed E-state index contributed by atoms with van der Waals surface area (Å²) in [6.07, 6.45) is 0. The van der Waals surface area contributed by atoms with Crippen LogP contribution >= 0.6 is 0 Å². The fourth-order valence-electron chi connectivity index (χ4n) is 2.44. The highest BCUT2D eigenvalue weighted by Crippen LogP contribution is 2.33. The van der Waals surface area contributed by atoms with Gasteiger partial charge in [-0.1, -0.05) is 35.5 Å². The Morgan fingerprint density at radius 2 is 1.86 bits per heavy atom. The van der Waals surface area contributed by atoms with Gasteiger partial charge in [0.05, 0.1) is 17.1 Å². The average molecular weight is 298 g/mol. The van der Waals surface area contributed by atoms with Gasteiger partial charge < -0.3 is 10.1 Å². The molecule has 3 rings (SSSR count). The summed E-state index contributed by atoms with van der Waals surface area (Å²) in [5.41, 5.74) is 1.53. The molecule has 0 saturated heterocycles. The predicted molar refractivity (Wildman–Crippen MR) is 77.5 cm³/mol. The molecule has 1 aliphatic rings. The van der Waals surface area contributed by atoms with E-state index in [0.29, 0.717) is 17.8 Å². The van der Waals surface area contributed by atoms with Crippen molar-refractivity contribution in [1.29, 1.82) is 0 Å². The van der Waals surface area contributed by atoms with E-state index in [1.807, 2.05) is 30.3 Å². The van der Waals surface area contributed by atoms with Crippen LogP contribution in [0.4, 0.5) is 11.4 Å². The van der Waals surface area contributed by atoms with Crippen molar-refractivity contribution in [1.82, 2.24) is 0 Å². The summed E-state index contributed by atoms with van der Waals surface area (Å²) >= 11 is 0. The van der Waals surface area contributed by atoms with Gasteiger partial charge in [-0.2, -0.15) is 0 Å². The molecule has 0 fully saturated rings. The topological polar surface area (TPSA) is 93.2 Å². The number of hydrogen-bond donors (Lipinski definition) is 2. The van der Waals surface area contributed by atoms with Crippen LogP contribution < -0.4 is 4.90 Å². The lowest BCUT2D eigenvalue weighted by molar-refractivity contribution is -0.729. The normalized spacial score (nSPS) is 15.2. The van der Waals surface area contributed by atoms with Crippen LogP contribution in [0.3, 0.4) is 0 Å². The first-order chi connectivity index (χ1) is 10.6. The fraction of sp³-hybridized carbons (Fsp3) is 0.0667. The maximum Gasteiger partial charge on any atom is 0.317 e. The molecule has 2 aromatic rings. The molecule has 1 aliphatic heterocycles. The van der Waals surface area contributed by atoms with E-state index < -0.39 is 5.91 Å². The maximum atomic E-state index is 12.4. The largest absolute Gasteiger partial charge is 0.410 e. The molecule has 0 aromatic heterocycles. The Morgan fingerprint density at radius 3 is 2.50 bits per heavy atom. The van der Waals surface area contributed by atoms with Crippen molar-refractivity contribution in [2.75, 3.05) is 4.90 Å². The molecular weight excluding hydrogens is 286 g/mol. The number of carbonyl (C=O) groups is 1. The molecule has 1 amide bonds. The third-order valence-corrected chi connectivity index (χ3v) is 3.48. The molecule has 7 nitrogen and oxygen atoms in total. The van der Waals surface area contributed by atoms with E-state index in [-0.39, 0.29) is 16.3 Å². The van der Waals surface area contributed by atoms with E-state index in [2.05, 4.69) is 5.16 Å². The number of hydrogen-bond acceptors (Lipinski definition) is 4. The Bertz CT molecular complexity index is 787. The molecule has 7 heteroatoms. The highest BCUT2D eigenvalue weighted by atomic mass is 16.6. The lowest BCUT2D eigenvalue weighted by Gasteiger charge is -2.16. The molecule has 0 unspecified atom stereocenters. The summed E-state index contributed by atoms with van der Waals surface area (Å²) in [7, 11) is 0. The Labute approximate surface area is 125 Å². The summed E-state index contributed by atoms with van der Waals surface area (Å²) in [4.78, 5) is 24.5. The zero-order valence-corrected chi connectivity index (χ0v) is 11.4. The first-order valence-corrected chi connectivity index (χ1v) is 6.50. The average Bonchev–Trinajstić information content (AvgIpc) is 2.79. The number of carbonyl (C=O) groups excluding carboxylic acids is 1. The fourth-order valence-corrected chi connectivity index (χ4v) is 2.44. The molecule has 110 valence electrons. The van der Waals surface area contributed by atoms with Crippen LogP contribution in [-0.2, 0) is 11.3 Å². The highest BCUT2D eigenvalue weighted by Gasteiger charge is 2.36. The van der Waals surface area contributed by atoms with Gasteiger partial charge in [-0.05, 0) is 11.6 Å². The molecular formula is C15H12N3O4+. The van der Waals surface area contributed by atoms with Crippen molar-refractivity contribution in [2.24, 2.45) is 5.16 Å². The predicted octanol–water partition coefficient (Wildman–Crippen LogP) is 2.21. The zero-order chi connectivity index (χ0) is 15.7. The summed E-state index contributed by atoms with van der Waals surface area (Å²) in [6.45, 7) is 0.311. The quantitative estimate of drug-likeness (QED) is 0.671. The standard InChI is InChI=1S/C15H11N3O4/c19-15-14(16-20)12-8-11(18(21)22)6-7-13(12)17(15)9-10-4-2-1-3-5-10/h1-8H,9H2,(H-,19,20,21,22)/p+1. The SMILES string of the molecule is O=C1/C(=N\O)c2cc([N+](=O)O)ccc2N1Cc1ccccc1. The second-order valence-electron chi connectivity index (χ2n) is 4.80. The number of oxime groups is 1. The van der Waals surface area contributed by atoms with Crippen LogP contribution in [-0.4, -0.2) is 27.0 Å². The van der Waals surface area contributed by atoms with Gasteiger partial charge in [0.25, 0.3) is 10.8 Å². The van der Waals surface area contributed by atoms with E-state index in [9.17, 15) is 9.70 Å². The number of anilines is 1. The lowest BCUT2D eigenvalue weighted by atomic mass is 10.1. The van der Waals surface area contributed by atoms with Gasteiger partial charge in [0.2, 0.25) is 0 Å². The Hall–Kier alpha value is -3.22. The number of fused-ring (bicyclic) bond motifs is 1. The van der Waals surface area contributed by atoms with Gasteiger partial charge in [-0.3, -0.25) is 4.79 Å². The van der Waals surface area contributed by atoms with Crippen LogP contribution in [0, 0.1) is 4.91 Å². The minimum absolute atomic E-state index is 0.0470. The molecule has 0 radical (unpaired) electrons. The first kappa shape index (κ1) is 13.7. The first-order valence-electron chi connectivity index (χ1n) is 6.50. The van der Waals surface area contributed by atoms with E-state index >= 15 is 0 Å². The second-order valence-corrected chi connectivity index (χ2v) is 4.80. The van der Waals surface area contributed by atoms with Crippen molar-refractivity contribution in [3.05, 3.63) is 64.6 Å². The molecule has 22 heavy (non-hydrogen) atoms. The monoisotopic (exact) mass is 298 g/mol. The number of benzene rings is 2. The molecule has 0 bridgehead atoms. The van der Waals surface area contributed by atoms with Crippen molar-refractivity contribution < 1.29 is 20.1 Å². The number of rotatable bonds is 3. The molecule has 0 atom stereocenters. The van der Waals surface area contributed by atoms with Gasteiger partial charge in [-0.15, -0.1) is 0 Å². The Balaban J connectivity index is 2.05. The van der Waals surface area contributed by atoms with Crippen LogP contribution in [0.25, 0.3) is 0 Å². The van der Waals surface area contributed by atoms with Crippen LogP contribution in [0.1, 0.15) is 11.1 Å². The summed E-state index contributed by atoms with van der Waals surface area (Å²) in [6, 6.07) is 13.6. The minimum Gasteiger partial charge on any atom is -0.410 e. The van der Waals surface area contributed by atoms with E-state index in [4.69, 9.17) is 10.4 Å². The molecule has 2 N–H and O–H groups in total. The summed E-state index contributed by atoms with van der Waals surface area (Å²) in [5.74, 6) is -0.464. The molecule has 0 aliphatic carbocycles. The maximum absolute atomic E-state index is 12.4. The van der Waals surface area contributed by atoms with Crippen molar-refractivity contribution in [2.45, 2.75) is 6.54 Å². The van der Waals surface area contributed by atoms with Gasteiger partial charge in [0, 0.05) is 17.7 Å². The summed E-state index contributed by atoms with van der Waals surface area (Å²) < 4.78 is 0. The van der Waals surface area contributed by atoms with E-state index in [1.54, 1.807) is 0 Å². The van der Waals surface area contributed by atoms with Gasteiger partial charge in [0.15, 0.2) is 5.71 Å². The Kier molecular flexibility index (Phi) is 3.30. The third-order valence-electron chi connectivity index (χ3n) is 3.48. The number of nitrogens with zero attached hydrogens (tertiary/aromatic N) is 3. The molecule has 0 spiro atoms. The molecule has 2 aromatic carbocycles. The third kappa shape index (κ3) is 2.18. The zero-order valence-electron chi connectivity index (χ0n) is 11.4. The van der Waals surface area contributed by atoms with Crippen LogP contribution in [0.2, 0.25) is 0 Å². The molecule has 1 heterocycles. The van der Waals surface area contributed by atoms with Crippen LogP contribution in [0.5, 0.6) is 0 Å². The van der Waals surface area contributed by atoms with Gasteiger partial charge in [0.1, 0.15) is 0 Å². The van der Waals surface area contributed by atoms with Crippen molar-refractivity contribution in [3.63, 3.8) is 0 Å². The Morgan fingerprint density at radius 1 is 1.14 bits per heavy atom. The van der Waals surface area contributed by atoms with Crippen molar-refractivity contribution >= 4 is 23.0 Å². The van der Waals surface area contributed by atoms with E-state index in [1.165, 1.54) is 23.1 Å². The van der Waals surface area contributed by atoms with Gasteiger partial charge >= 0.3 is 5.69 Å². The summed E-state index contributed by atoms with van der Waals surface area (Å²) in [5, 5.41) is 21.1. The lowest BCUT2D eigenvalue weighted by Crippen LogP contribution is -2.29. The number of amides is 1. The van der Waals surface area contributed by atoms with Crippen LogP contribution in [0.15, 0.2) is 53.7 Å².